The van der Waals surface area contributed by atoms with E-state index in [0.717, 1.165) is 30.5 Å². The van der Waals surface area contributed by atoms with Gasteiger partial charge in [0.2, 0.25) is 0 Å². The third-order valence-electron chi connectivity index (χ3n) is 3.58. The van der Waals surface area contributed by atoms with E-state index in [9.17, 15) is 32.3 Å². The Balaban J connectivity index is 2.22. The number of carboxylic acids is 1. The van der Waals surface area contributed by atoms with Gasteiger partial charge in [0.05, 0.1) is 11.4 Å². The molecule has 144 valence electrons. The first-order valence-electron chi connectivity index (χ1n) is 7.44. The molecular formula is C17H8ClF4N3O3. The Morgan fingerprint density at radius 3 is 2.39 bits per heavy atom. The van der Waals surface area contributed by atoms with Crippen LogP contribution in [0.2, 0.25) is 5.02 Å². The Kier molecular flexibility index (Phi) is 4.90. The first kappa shape index (κ1) is 19.5. The fourth-order valence-electron chi connectivity index (χ4n) is 2.34. The number of hydrogen-bond acceptors (Lipinski definition) is 4. The van der Waals surface area contributed by atoms with Gasteiger partial charge in [0.1, 0.15) is 17.1 Å². The molecule has 0 saturated heterocycles. The van der Waals surface area contributed by atoms with Crippen molar-refractivity contribution in [1.29, 1.82) is 0 Å². The lowest BCUT2D eigenvalue weighted by Crippen LogP contribution is -2.28. The van der Waals surface area contributed by atoms with E-state index in [2.05, 4.69) is 10.1 Å². The van der Waals surface area contributed by atoms with Crippen LogP contribution in [0.4, 0.5) is 17.6 Å². The highest BCUT2D eigenvalue weighted by Gasteiger charge is 2.32. The third kappa shape index (κ3) is 3.86. The minimum atomic E-state index is -4.66. The van der Waals surface area contributed by atoms with Gasteiger partial charge in [-0.1, -0.05) is 11.6 Å². The number of aromatic nitrogens is 3. The fourth-order valence-corrected chi connectivity index (χ4v) is 2.55. The molecule has 0 saturated carbocycles. The molecule has 1 aromatic carbocycles. The van der Waals surface area contributed by atoms with Gasteiger partial charge in [-0.15, -0.1) is 0 Å². The standard InChI is InChI=1S/C17H8ClF4N3O3/c18-9-3-10(19)5-11(4-9)25-15(26)12(16(27)28)6-13(24-25)8-1-2-14(23-7-8)17(20,21)22/h1-7H,(H,27,28). The molecular weight excluding hydrogens is 406 g/mol. The summed E-state index contributed by atoms with van der Waals surface area (Å²) >= 11 is 5.76. The molecule has 6 nitrogen and oxygen atoms in total. The zero-order chi connectivity index (χ0) is 20.6. The van der Waals surface area contributed by atoms with Crippen LogP contribution in [-0.2, 0) is 6.18 Å². The molecule has 0 atom stereocenters. The van der Waals surface area contributed by atoms with Crippen molar-refractivity contribution in [2.45, 2.75) is 6.18 Å². The maximum atomic E-state index is 13.6. The van der Waals surface area contributed by atoms with Gasteiger partial charge in [0, 0.05) is 16.8 Å². The molecule has 0 amide bonds. The number of pyridine rings is 1. The van der Waals surface area contributed by atoms with Gasteiger partial charge in [0.25, 0.3) is 5.56 Å². The second-order valence-corrected chi connectivity index (χ2v) is 5.96. The van der Waals surface area contributed by atoms with Gasteiger partial charge >= 0.3 is 12.1 Å². The Labute approximate surface area is 158 Å². The van der Waals surface area contributed by atoms with E-state index in [1.807, 2.05) is 0 Å². The molecule has 0 aliphatic heterocycles. The van der Waals surface area contributed by atoms with Gasteiger partial charge in [-0.3, -0.25) is 9.78 Å². The van der Waals surface area contributed by atoms with Crippen LogP contribution in [0, 0.1) is 5.82 Å². The first-order valence-corrected chi connectivity index (χ1v) is 7.82. The lowest BCUT2D eigenvalue weighted by atomic mass is 10.1. The maximum Gasteiger partial charge on any atom is 0.433 e. The second kappa shape index (κ2) is 7.04. The van der Waals surface area contributed by atoms with Gasteiger partial charge in [-0.05, 0) is 36.4 Å². The van der Waals surface area contributed by atoms with Gasteiger partial charge in [-0.2, -0.15) is 23.0 Å². The average molecular weight is 414 g/mol. The number of aromatic carboxylic acids is 1. The summed E-state index contributed by atoms with van der Waals surface area (Å²) in [4.78, 5) is 27.1. The van der Waals surface area contributed by atoms with E-state index in [0.29, 0.717) is 10.7 Å². The van der Waals surface area contributed by atoms with Crippen LogP contribution >= 0.6 is 11.6 Å². The SMILES string of the molecule is O=C(O)c1cc(-c2ccc(C(F)(F)F)nc2)nn(-c2cc(F)cc(Cl)c2)c1=O. The summed E-state index contributed by atoms with van der Waals surface area (Å²) in [5.41, 5.74) is -3.23. The van der Waals surface area contributed by atoms with Crippen LogP contribution in [-0.4, -0.2) is 25.8 Å². The molecule has 2 heterocycles. The molecule has 11 heteroatoms. The topological polar surface area (TPSA) is 85.1 Å². The van der Waals surface area contributed by atoms with E-state index in [1.165, 1.54) is 6.07 Å². The van der Waals surface area contributed by atoms with Crippen molar-refractivity contribution in [3.05, 3.63) is 75.0 Å². The van der Waals surface area contributed by atoms with Crippen LogP contribution < -0.4 is 5.56 Å². The summed E-state index contributed by atoms with van der Waals surface area (Å²) in [7, 11) is 0. The number of rotatable bonds is 3. The van der Waals surface area contributed by atoms with Gasteiger partial charge < -0.3 is 5.11 Å². The van der Waals surface area contributed by atoms with E-state index in [4.69, 9.17) is 11.6 Å². The lowest BCUT2D eigenvalue weighted by Gasteiger charge is -2.10. The largest absolute Gasteiger partial charge is 0.477 e. The van der Waals surface area contributed by atoms with Crippen molar-refractivity contribution in [2.75, 3.05) is 0 Å². The van der Waals surface area contributed by atoms with E-state index < -0.39 is 34.8 Å². The second-order valence-electron chi connectivity index (χ2n) is 5.52. The summed E-state index contributed by atoms with van der Waals surface area (Å²) in [6.07, 6.45) is -3.82. The van der Waals surface area contributed by atoms with Crippen LogP contribution in [0.5, 0.6) is 0 Å². The van der Waals surface area contributed by atoms with E-state index >= 15 is 0 Å². The van der Waals surface area contributed by atoms with Crippen molar-refractivity contribution < 1.29 is 27.5 Å². The van der Waals surface area contributed by atoms with Gasteiger partial charge in [-0.25, -0.2) is 9.18 Å². The van der Waals surface area contributed by atoms with Crippen molar-refractivity contribution in [3.8, 4) is 16.9 Å². The normalized spacial score (nSPS) is 11.5. The highest BCUT2D eigenvalue weighted by atomic mass is 35.5. The fraction of sp³-hybridized carbons (Fsp3) is 0.0588. The summed E-state index contributed by atoms with van der Waals surface area (Å²) in [6, 6.07) is 5.66. The minimum Gasteiger partial charge on any atom is -0.477 e. The van der Waals surface area contributed by atoms with Gasteiger partial charge in [0.15, 0.2) is 0 Å². The first-order chi connectivity index (χ1) is 13.1. The van der Waals surface area contributed by atoms with Crippen molar-refractivity contribution in [3.63, 3.8) is 0 Å². The maximum absolute atomic E-state index is 13.6. The molecule has 0 aliphatic rings. The smallest absolute Gasteiger partial charge is 0.433 e. The van der Waals surface area contributed by atoms with E-state index in [1.54, 1.807) is 0 Å². The predicted octanol–water partition coefficient (Wildman–Crippen LogP) is 3.80. The molecule has 0 unspecified atom stereocenters. The van der Waals surface area contributed by atoms with Crippen molar-refractivity contribution >= 4 is 17.6 Å². The number of benzene rings is 1. The lowest BCUT2D eigenvalue weighted by molar-refractivity contribution is -0.141. The molecule has 0 radical (unpaired) electrons. The molecule has 0 fully saturated rings. The van der Waals surface area contributed by atoms with Crippen LogP contribution in [0.25, 0.3) is 16.9 Å². The molecule has 0 bridgehead atoms. The quantitative estimate of drug-likeness (QED) is 0.660. The van der Waals surface area contributed by atoms with E-state index in [-0.39, 0.29) is 22.0 Å². The number of nitrogens with zero attached hydrogens (tertiary/aromatic N) is 3. The van der Waals surface area contributed by atoms with Crippen LogP contribution in [0.3, 0.4) is 0 Å². The average Bonchev–Trinajstić information content (AvgIpc) is 2.60. The zero-order valence-corrected chi connectivity index (χ0v) is 14.3. The molecule has 28 heavy (non-hydrogen) atoms. The summed E-state index contributed by atoms with van der Waals surface area (Å²) in [5, 5.41) is 13.1. The van der Waals surface area contributed by atoms with Crippen LogP contribution in [0.1, 0.15) is 16.1 Å². The number of alkyl halides is 3. The molecule has 0 aliphatic carbocycles. The monoisotopic (exact) mass is 413 g/mol. The van der Waals surface area contributed by atoms with Crippen LogP contribution in [0.15, 0.2) is 47.4 Å². The Morgan fingerprint density at radius 2 is 1.86 bits per heavy atom. The number of halogens is 5. The molecule has 2 aromatic heterocycles. The van der Waals surface area contributed by atoms with Crippen molar-refractivity contribution in [2.24, 2.45) is 0 Å². The number of hydrogen-bond donors (Lipinski definition) is 1. The number of carboxylic acid groups (broad SMARTS) is 1. The zero-order valence-electron chi connectivity index (χ0n) is 13.5. The molecule has 3 rings (SSSR count). The number of carbonyl (C=O) groups is 1. The third-order valence-corrected chi connectivity index (χ3v) is 3.80. The Hall–Kier alpha value is -3.27. The minimum absolute atomic E-state index is 0.0201. The highest BCUT2D eigenvalue weighted by molar-refractivity contribution is 6.30. The molecule has 3 aromatic rings. The highest BCUT2D eigenvalue weighted by Crippen LogP contribution is 2.28. The summed E-state index contributed by atoms with van der Waals surface area (Å²) < 4.78 is 52.2. The predicted molar refractivity (Wildman–Crippen MR) is 90.0 cm³/mol. The Morgan fingerprint density at radius 1 is 1.14 bits per heavy atom. The molecule has 0 spiro atoms. The Bertz CT molecular complexity index is 1110. The summed E-state index contributed by atoms with van der Waals surface area (Å²) in [6.45, 7) is 0. The summed E-state index contributed by atoms with van der Waals surface area (Å²) in [5.74, 6) is -2.39. The van der Waals surface area contributed by atoms with Crippen molar-refractivity contribution in [1.82, 2.24) is 14.8 Å². The molecule has 1 N–H and O–H groups in total.